The van der Waals surface area contributed by atoms with Crippen molar-refractivity contribution in [2.45, 2.75) is 12.8 Å². The normalized spacial score (nSPS) is 14.5. The lowest BCUT2D eigenvalue weighted by molar-refractivity contribution is 0.0990. The number of pyridine rings is 1. The van der Waals surface area contributed by atoms with Crippen LogP contribution >= 0.6 is 11.3 Å². The van der Waals surface area contributed by atoms with Crippen LogP contribution < -0.4 is 0 Å². The number of Topliss-reactive ketones (excluding diaryl/α,β-unsaturated/α-hetero) is 1. The minimum atomic E-state index is -0.00450. The van der Waals surface area contributed by atoms with Gasteiger partial charge in [-0.3, -0.25) is 14.8 Å². The molecule has 31 heavy (non-hydrogen) atoms. The largest absolute Gasteiger partial charge is 0.302 e. The summed E-state index contributed by atoms with van der Waals surface area (Å²) in [6.45, 7) is 1.91. The maximum absolute atomic E-state index is 12.9. The van der Waals surface area contributed by atoms with E-state index in [2.05, 4.69) is 38.0 Å². The lowest BCUT2D eigenvalue weighted by atomic mass is 10.0. The van der Waals surface area contributed by atoms with Crippen molar-refractivity contribution in [3.63, 3.8) is 0 Å². The number of fused-ring (bicyclic) bond motifs is 1. The second-order valence-electron chi connectivity index (χ2n) is 7.70. The van der Waals surface area contributed by atoms with E-state index in [4.69, 9.17) is 0 Å². The van der Waals surface area contributed by atoms with Gasteiger partial charge in [-0.15, -0.1) is 11.3 Å². The van der Waals surface area contributed by atoms with Crippen molar-refractivity contribution < 1.29 is 4.79 Å². The molecule has 154 valence electrons. The van der Waals surface area contributed by atoms with Crippen LogP contribution in [0.2, 0.25) is 0 Å². The molecular formula is C24H21N5OS. The molecule has 4 heterocycles. The standard InChI is InChI=1S/C24H21N5OS/c1-29-8-5-16(6-9-29)20-10-17(4-7-26-20)22(30)12-24-27-13-19-3-2-18(11-21(19)28-24)23-14-25-15-31-23/h2-5,7,10-11,13-15H,6,8-9,12H2,1H3. The zero-order valence-corrected chi connectivity index (χ0v) is 18.0. The fourth-order valence-corrected chi connectivity index (χ4v) is 4.31. The van der Waals surface area contributed by atoms with Crippen LogP contribution in [-0.4, -0.2) is 50.8 Å². The first kappa shape index (κ1) is 19.7. The van der Waals surface area contributed by atoms with Gasteiger partial charge in [0.15, 0.2) is 5.78 Å². The first-order valence-electron chi connectivity index (χ1n) is 10.2. The van der Waals surface area contributed by atoms with E-state index >= 15 is 0 Å². The number of hydrogen-bond acceptors (Lipinski definition) is 7. The maximum atomic E-state index is 12.9. The van der Waals surface area contributed by atoms with Crippen molar-refractivity contribution >= 4 is 33.6 Å². The summed E-state index contributed by atoms with van der Waals surface area (Å²) in [6.07, 6.45) is 8.63. The number of thiazole rings is 1. The number of likely N-dealkylation sites (N-methyl/N-ethyl adjacent to an activating group) is 1. The number of hydrogen-bond donors (Lipinski definition) is 0. The summed E-state index contributed by atoms with van der Waals surface area (Å²) in [5.74, 6) is 0.519. The minimum absolute atomic E-state index is 0.00450. The molecule has 0 fully saturated rings. The molecule has 7 heteroatoms. The van der Waals surface area contributed by atoms with Crippen molar-refractivity contribution in [1.29, 1.82) is 0 Å². The molecule has 0 amide bonds. The topological polar surface area (TPSA) is 71.9 Å². The van der Waals surface area contributed by atoms with E-state index in [0.29, 0.717) is 11.4 Å². The van der Waals surface area contributed by atoms with Gasteiger partial charge >= 0.3 is 0 Å². The summed E-state index contributed by atoms with van der Waals surface area (Å²) >= 11 is 1.59. The summed E-state index contributed by atoms with van der Waals surface area (Å²) in [5, 5.41) is 0.949. The summed E-state index contributed by atoms with van der Waals surface area (Å²) in [7, 11) is 2.10. The van der Waals surface area contributed by atoms with Crippen LogP contribution in [0.25, 0.3) is 26.9 Å². The molecular weight excluding hydrogens is 406 g/mol. The first-order chi connectivity index (χ1) is 15.2. The predicted octanol–water partition coefficient (Wildman–Crippen LogP) is 4.29. The van der Waals surface area contributed by atoms with Crippen molar-refractivity contribution in [2.24, 2.45) is 0 Å². The van der Waals surface area contributed by atoms with Gasteiger partial charge in [-0.2, -0.15) is 0 Å². The molecule has 0 saturated heterocycles. The Morgan fingerprint density at radius 2 is 2.10 bits per heavy atom. The Labute approximate surface area is 184 Å². The van der Waals surface area contributed by atoms with Crippen LogP contribution in [0.1, 0.15) is 28.3 Å². The third-order valence-electron chi connectivity index (χ3n) is 5.49. The van der Waals surface area contributed by atoms with E-state index in [9.17, 15) is 4.79 Å². The number of carbonyl (C=O) groups excluding carboxylic acids is 1. The van der Waals surface area contributed by atoms with Gasteiger partial charge in [0.05, 0.1) is 28.0 Å². The van der Waals surface area contributed by atoms with E-state index in [0.717, 1.165) is 46.5 Å². The SMILES string of the molecule is CN1CC=C(c2cc(C(=O)Cc3ncc4ccc(-c5cncs5)cc4n3)ccn2)CC1. The molecule has 1 aliphatic rings. The smallest absolute Gasteiger partial charge is 0.170 e. The maximum Gasteiger partial charge on any atom is 0.170 e. The predicted molar refractivity (Wildman–Crippen MR) is 123 cm³/mol. The quantitative estimate of drug-likeness (QED) is 0.443. The van der Waals surface area contributed by atoms with E-state index in [-0.39, 0.29) is 12.2 Å². The third-order valence-corrected chi connectivity index (χ3v) is 6.31. The fraction of sp³-hybridized carbons (Fsp3) is 0.208. The van der Waals surface area contributed by atoms with Gasteiger partial charge < -0.3 is 4.90 Å². The molecule has 6 nitrogen and oxygen atoms in total. The van der Waals surface area contributed by atoms with Gasteiger partial charge in [0.25, 0.3) is 0 Å². The molecule has 0 atom stereocenters. The van der Waals surface area contributed by atoms with Gasteiger partial charge in [0.1, 0.15) is 5.82 Å². The van der Waals surface area contributed by atoms with Crippen molar-refractivity contribution in [3.05, 3.63) is 77.6 Å². The van der Waals surface area contributed by atoms with Gasteiger partial charge in [-0.05, 0) is 42.8 Å². The number of aromatic nitrogens is 4. The van der Waals surface area contributed by atoms with Crippen LogP contribution in [-0.2, 0) is 6.42 Å². The highest BCUT2D eigenvalue weighted by Crippen LogP contribution is 2.26. The highest BCUT2D eigenvalue weighted by Gasteiger charge is 2.15. The van der Waals surface area contributed by atoms with Gasteiger partial charge in [-0.1, -0.05) is 18.2 Å². The molecule has 5 rings (SSSR count). The number of carbonyl (C=O) groups is 1. The Kier molecular flexibility index (Phi) is 5.36. The molecule has 0 spiro atoms. The number of benzene rings is 1. The Morgan fingerprint density at radius 1 is 1.16 bits per heavy atom. The second kappa shape index (κ2) is 8.45. The summed E-state index contributed by atoms with van der Waals surface area (Å²) in [5.41, 5.74) is 6.44. The average Bonchev–Trinajstić information content (AvgIpc) is 3.34. The molecule has 0 unspecified atom stereocenters. The number of rotatable bonds is 5. The second-order valence-corrected chi connectivity index (χ2v) is 8.58. The molecule has 0 radical (unpaired) electrons. The zero-order valence-electron chi connectivity index (χ0n) is 17.2. The lowest BCUT2D eigenvalue weighted by Crippen LogP contribution is -2.23. The van der Waals surface area contributed by atoms with E-state index < -0.39 is 0 Å². The van der Waals surface area contributed by atoms with Crippen LogP contribution in [0.3, 0.4) is 0 Å². The van der Waals surface area contributed by atoms with Gasteiger partial charge in [0, 0.05) is 42.6 Å². The van der Waals surface area contributed by atoms with Crippen LogP contribution in [0.4, 0.5) is 0 Å². The monoisotopic (exact) mass is 427 g/mol. The molecule has 0 saturated carbocycles. The summed E-state index contributed by atoms with van der Waals surface area (Å²) < 4.78 is 0. The zero-order chi connectivity index (χ0) is 21.2. The molecule has 0 aliphatic carbocycles. The molecule has 1 aliphatic heterocycles. The van der Waals surface area contributed by atoms with E-state index in [1.165, 1.54) is 5.57 Å². The highest BCUT2D eigenvalue weighted by molar-refractivity contribution is 7.13. The molecule has 4 aromatic rings. The Morgan fingerprint density at radius 3 is 2.90 bits per heavy atom. The minimum Gasteiger partial charge on any atom is -0.302 e. The van der Waals surface area contributed by atoms with Crippen molar-refractivity contribution in [3.8, 4) is 10.4 Å². The van der Waals surface area contributed by atoms with Gasteiger partial charge in [0.2, 0.25) is 0 Å². The average molecular weight is 428 g/mol. The molecule has 1 aromatic carbocycles. The van der Waals surface area contributed by atoms with Crippen LogP contribution in [0, 0.1) is 0 Å². The molecule has 3 aromatic heterocycles. The fourth-order valence-electron chi connectivity index (χ4n) is 3.69. The first-order valence-corrected chi connectivity index (χ1v) is 11.1. The highest BCUT2D eigenvalue weighted by atomic mass is 32.1. The number of ketones is 1. The summed E-state index contributed by atoms with van der Waals surface area (Å²) in [6, 6.07) is 9.73. The van der Waals surface area contributed by atoms with Crippen molar-refractivity contribution in [2.75, 3.05) is 20.1 Å². The number of nitrogens with zero attached hydrogens (tertiary/aromatic N) is 5. The Bertz CT molecular complexity index is 1280. The summed E-state index contributed by atoms with van der Waals surface area (Å²) in [4.78, 5) is 34.0. The molecule has 0 N–H and O–H groups in total. The van der Waals surface area contributed by atoms with E-state index in [1.807, 2.05) is 36.0 Å². The molecule has 0 bridgehead atoms. The Hall–Kier alpha value is -3.29. The lowest BCUT2D eigenvalue weighted by Gasteiger charge is -2.21. The van der Waals surface area contributed by atoms with Crippen LogP contribution in [0.5, 0.6) is 0 Å². The van der Waals surface area contributed by atoms with Gasteiger partial charge in [-0.25, -0.2) is 9.97 Å². The van der Waals surface area contributed by atoms with Crippen molar-refractivity contribution in [1.82, 2.24) is 24.8 Å². The Balaban J connectivity index is 1.38. The van der Waals surface area contributed by atoms with Crippen LogP contribution in [0.15, 0.2) is 60.5 Å². The third kappa shape index (κ3) is 4.28. The van der Waals surface area contributed by atoms with E-state index in [1.54, 1.807) is 29.8 Å².